The SMILES string of the molecule is CN(CC1CC(O)C1)S(=O)(=O)c1cn(C)nc1N. The van der Waals surface area contributed by atoms with Crippen molar-refractivity contribution >= 4 is 15.8 Å². The molecule has 1 aromatic rings. The number of aliphatic hydroxyl groups is 1. The first-order chi connectivity index (χ1) is 8.30. The van der Waals surface area contributed by atoms with Crippen LogP contribution in [0.4, 0.5) is 5.82 Å². The second-order valence-corrected chi connectivity index (χ2v) is 6.84. The fourth-order valence-electron chi connectivity index (χ4n) is 2.16. The predicted octanol–water partition coefficient (Wildman–Crippen LogP) is -0.606. The van der Waals surface area contributed by atoms with Gasteiger partial charge in [0.1, 0.15) is 4.90 Å². The summed E-state index contributed by atoms with van der Waals surface area (Å²) in [6.07, 6.45) is 2.43. The quantitative estimate of drug-likeness (QED) is 0.763. The molecular formula is C10H18N4O3S. The lowest BCUT2D eigenvalue weighted by atomic mass is 9.82. The number of rotatable bonds is 4. The largest absolute Gasteiger partial charge is 0.393 e. The van der Waals surface area contributed by atoms with Gasteiger partial charge in [0.15, 0.2) is 5.82 Å². The van der Waals surface area contributed by atoms with Crippen molar-refractivity contribution in [3.05, 3.63) is 6.20 Å². The molecule has 0 bridgehead atoms. The zero-order chi connectivity index (χ0) is 13.5. The van der Waals surface area contributed by atoms with Crippen LogP contribution in [0.1, 0.15) is 12.8 Å². The summed E-state index contributed by atoms with van der Waals surface area (Å²) < 4.78 is 27.2. The van der Waals surface area contributed by atoms with E-state index in [1.165, 1.54) is 22.2 Å². The van der Waals surface area contributed by atoms with E-state index in [2.05, 4.69) is 5.10 Å². The van der Waals surface area contributed by atoms with Gasteiger partial charge in [0.05, 0.1) is 6.10 Å². The molecule has 3 N–H and O–H groups in total. The normalized spacial score (nSPS) is 24.2. The molecule has 0 spiro atoms. The van der Waals surface area contributed by atoms with Crippen LogP contribution in [-0.4, -0.2) is 47.3 Å². The maximum Gasteiger partial charge on any atom is 0.248 e. The van der Waals surface area contributed by atoms with Crippen LogP contribution in [0.25, 0.3) is 0 Å². The van der Waals surface area contributed by atoms with E-state index in [0.29, 0.717) is 19.4 Å². The van der Waals surface area contributed by atoms with Crippen molar-refractivity contribution in [1.82, 2.24) is 14.1 Å². The molecule has 0 aromatic carbocycles. The Morgan fingerprint density at radius 1 is 1.61 bits per heavy atom. The van der Waals surface area contributed by atoms with Crippen LogP contribution in [0.5, 0.6) is 0 Å². The molecule has 2 rings (SSSR count). The summed E-state index contributed by atoms with van der Waals surface area (Å²) in [5.74, 6) is 0.232. The Labute approximate surface area is 106 Å². The minimum Gasteiger partial charge on any atom is -0.393 e. The molecule has 0 amide bonds. The van der Waals surface area contributed by atoms with Gasteiger partial charge in [0, 0.05) is 26.8 Å². The van der Waals surface area contributed by atoms with Crippen molar-refractivity contribution in [2.75, 3.05) is 19.3 Å². The van der Waals surface area contributed by atoms with Crippen LogP contribution in [0, 0.1) is 5.92 Å². The Morgan fingerprint density at radius 3 is 2.67 bits per heavy atom. The molecule has 1 saturated carbocycles. The second-order valence-electron chi connectivity index (χ2n) is 4.83. The Kier molecular flexibility index (Phi) is 3.35. The highest BCUT2D eigenvalue weighted by Crippen LogP contribution is 2.29. The maximum atomic E-state index is 12.3. The van der Waals surface area contributed by atoms with Crippen LogP contribution in [-0.2, 0) is 17.1 Å². The fourth-order valence-corrected chi connectivity index (χ4v) is 3.50. The smallest absolute Gasteiger partial charge is 0.248 e. The van der Waals surface area contributed by atoms with Gasteiger partial charge in [-0.25, -0.2) is 12.7 Å². The lowest BCUT2D eigenvalue weighted by Gasteiger charge is -2.33. The molecule has 0 radical (unpaired) electrons. The fraction of sp³-hybridized carbons (Fsp3) is 0.700. The average molecular weight is 274 g/mol. The van der Waals surface area contributed by atoms with Crippen molar-refractivity contribution in [1.29, 1.82) is 0 Å². The molecule has 1 aliphatic rings. The standard InChI is InChI=1S/C10H18N4O3S/c1-13-6-9(10(11)12-13)18(16,17)14(2)5-7-3-8(15)4-7/h6-8,15H,3-5H2,1-2H3,(H2,11,12). The topological polar surface area (TPSA) is 101 Å². The van der Waals surface area contributed by atoms with Gasteiger partial charge in [0.2, 0.25) is 10.0 Å². The van der Waals surface area contributed by atoms with Gasteiger partial charge in [-0.05, 0) is 18.8 Å². The van der Waals surface area contributed by atoms with Crippen LogP contribution in [0.3, 0.4) is 0 Å². The van der Waals surface area contributed by atoms with E-state index in [9.17, 15) is 13.5 Å². The summed E-state index contributed by atoms with van der Waals surface area (Å²) in [6.45, 7) is 0.397. The van der Waals surface area contributed by atoms with Crippen LogP contribution in [0.2, 0.25) is 0 Å². The number of hydrogen-bond donors (Lipinski definition) is 2. The summed E-state index contributed by atoms with van der Waals surface area (Å²) in [6, 6.07) is 0. The zero-order valence-corrected chi connectivity index (χ0v) is 11.3. The van der Waals surface area contributed by atoms with Gasteiger partial charge in [-0.3, -0.25) is 4.68 Å². The lowest BCUT2D eigenvalue weighted by Crippen LogP contribution is -2.39. The second kappa shape index (κ2) is 4.52. The highest BCUT2D eigenvalue weighted by atomic mass is 32.2. The first-order valence-electron chi connectivity index (χ1n) is 5.74. The van der Waals surface area contributed by atoms with Crippen molar-refractivity contribution < 1.29 is 13.5 Å². The molecular weight excluding hydrogens is 256 g/mol. The van der Waals surface area contributed by atoms with E-state index in [4.69, 9.17) is 5.73 Å². The van der Waals surface area contributed by atoms with Crippen LogP contribution >= 0.6 is 0 Å². The number of hydrogen-bond acceptors (Lipinski definition) is 5. The number of sulfonamides is 1. The molecule has 0 saturated heterocycles. The number of nitrogens with two attached hydrogens (primary N) is 1. The maximum absolute atomic E-state index is 12.3. The van der Waals surface area contributed by atoms with E-state index in [1.807, 2.05) is 0 Å². The average Bonchev–Trinajstić information content (AvgIpc) is 2.56. The number of aliphatic hydroxyl groups excluding tert-OH is 1. The highest BCUT2D eigenvalue weighted by molar-refractivity contribution is 7.89. The van der Waals surface area contributed by atoms with E-state index < -0.39 is 10.0 Å². The van der Waals surface area contributed by atoms with Crippen LogP contribution < -0.4 is 5.73 Å². The van der Waals surface area contributed by atoms with Crippen LogP contribution in [0.15, 0.2) is 11.1 Å². The summed E-state index contributed by atoms with van der Waals surface area (Å²) in [5.41, 5.74) is 5.59. The number of aryl methyl sites for hydroxylation is 1. The highest BCUT2D eigenvalue weighted by Gasteiger charge is 2.33. The van der Waals surface area contributed by atoms with Gasteiger partial charge in [0.25, 0.3) is 0 Å². The third-order valence-corrected chi connectivity index (χ3v) is 5.08. The number of nitrogens with zero attached hydrogens (tertiary/aromatic N) is 3. The van der Waals surface area contributed by atoms with E-state index >= 15 is 0 Å². The monoisotopic (exact) mass is 274 g/mol. The third-order valence-electron chi connectivity index (χ3n) is 3.24. The molecule has 1 aliphatic carbocycles. The summed E-state index contributed by atoms with van der Waals surface area (Å²) in [7, 11) is -0.451. The predicted molar refractivity (Wildman–Crippen MR) is 66.2 cm³/mol. The molecule has 8 heteroatoms. The molecule has 102 valence electrons. The number of anilines is 1. The molecule has 0 unspecified atom stereocenters. The minimum atomic E-state index is -3.59. The van der Waals surface area contributed by atoms with Gasteiger partial charge in [-0.1, -0.05) is 0 Å². The Bertz CT molecular complexity index is 533. The third kappa shape index (κ3) is 2.36. The Morgan fingerprint density at radius 2 is 2.22 bits per heavy atom. The van der Waals surface area contributed by atoms with Gasteiger partial charge >= 0.3 is 0 Å². The molecule has 1 fully saturated rings. The van der Waals surface area contributed by atoms with Crippen molar-refractivity contribution in [3.63, 3.8) is 0 Å². The van der Waals surface area contributed by atoms with E-state index in [0.717, 1.165) is 0 Å². The molecule has 1 aromatic heterocycles. The lowest BCUT2D eigenvalue weighted by molar-refractivity contribution is 0.0367. The molecule has 0 aliphatic heterocycles. The molecule has 1 heterocycles. The Balaban J connectivity index is 2.13. The van der Waals surface area contributed by atoms with Gasteiger partial charge in [-0.2, -0.15) is 5.10 Å². The van der Waals surface area contributed by atoms with Crippen molar-refractivity contribution in [2.45, 2.75) is 23.8 Å². The van der Waals surface area contributed by atoms with Crippen molar-refractivity contribution in [3.8, 4) is 0 Å². The zero-order valence-electron chi connectivity index (χ0n) is 10.4. The number of aromatic nitrogens is 2. The summed E-state index contributed by atoms with van der Waals surface area (Å²) in [4.78, 5) is 0.0346. The first kappa shape index (κ1) is 13.3. The molecule has 7 nitrogen and oxygen atoms in total. The van der Waals surface area contributed by atoms with Gasteiger partial charge in [-0.15, -0.1) is 0 Å². The van der Waals surface area contributed by atoms with Gasteiger partial charge < -0.3 is 10.8 Å². The summed E-state index contributed by atoms with van der Waals surface area (Å²) >= 11 is 0. The number of nitrogen functional groups attached to an aromatic ring is 1. The van der Waals surface area contributed by atoms with E-state index in [1.54, 1.807) is 7.05 Å². The first-order valence-corrected chi connectivity index (χ1v) is 7.18. The summed E-state index contributed by atoms with van der Waals surface area (Å²) in [5, 5.41) is 13.0. The Hall–Kier alpha value is -1.12. The van der Waals surface area contributed by atoms with Crippen molar-refractivity contribution in [2.24, 2.45) is 13.0 Å². The molecule has 0 atom stereocenters. The molecule has 18 heavy (non-hydrogen) atoms. The minimum absolute atomic E-state index is 0.0120. The van der Waals surface area contributed by atoms with E-state index in [-0.39, 0.29) is 22.7 Å².